The van der Waals surface area contributed by atoms with E-state index in [1.54, 1.807) is 49.6 Å². The minimum absolute atomic E-state index is 0.0695. The monoisotopic (exact) mass is 483 g/mol. The molecular formula is C28H25N3O5. The van der Waals surface area contributed by atoms with Crippen molar-refractivity contribution in [2.75, 3.05) is 26.9 Å². The van der Waals surface area contributed by atoms with Crippen LogP contribution in [0, 0.1) is 0 Å². The second-order valence-corrected chi connectivity index (χ2v) is 7.69. The fourth-order valence-electron chi connectivity index (χ4n) is 3.32. The number of carbonyl (C=O) groups is 2. The Morgan fingerprint density at radius 1 is 0.750 bits per heavy atom. The van der Waals surface area contributed by atoms with E-state index < -0.39 is 0 Å². The molecule has 0 bridgehead atoms. The van der Waals surface area contributed by atoms with Crippen molar-refractivity contribution >= 4 is 11.7 Å². The summed E-state index contributed by atoms with van der Waals surface area (Å²) < 4.78 is 16.2. The van der Waals surface area contributed by atoms with Crippen LogP contribution in [0.15, 0.2) is 91.0 Å². The first-order valence-electron chi connectivity index (χ1n) is 11.3. The molecule has 0 fully saturated rings. The molecule has 0 saturated heterocycles. The van der Waals surface area contributed by atoms with Gasteiger partial charge in [-0.15, -0.1) is 10.2 Å². The summed E-state index contributed by atoms with van der Waals surface area (Å²) in [6.07, 6.45) is 0. The molecule has 3 aromatic carbocycles. The molecule has 36 heavy (non-hydrogen) atoms. The van der Waals surface area contributed by atoms with E-state index in [-0.39, 0.29) is 31.4 Å². The van der Waals surface area contributed by atoms with Crippen molar-refractivity contribution in [2.45, 2.75) is 0 Å². The van der Waals surface area contributed by atoms with E-state index in [9.17, 15) is 9.59 Å². The molecule has 8 heteroatoms. The molecule has 0 atom stereocenters. The Balaban J connectivity index is 1.16. The highest BCUT2D eigenvalue weighted by Gasteiger charge is 2.09. The molecule has 4 aromatic rings. The number of amides is 1. The number of methoxy groups -OCH3 is 1. The second-order valence-electron chi connectivity index (χ2n) is 7.69. The summed E-state index contributed by atoms with van der Waals surface area (Å²) in [6, 6.07) is 26.8. The van der Waals surface area contributed by atoms with Gasteiger partial charge in [-0.3, -0.25) is 9.59 Å². The zero-order valence-corrected chi connectivity index (χ0v) is 19.7. The van der Waals surface area contributed by atoms with Gasteiger partial charge in [0.05, 0.1) is 19.3 Å². The maximum atomic E-state index is 12.4. The fraction of sp³-hybridized carbons (Fsp3) is 0.143. The average Bonchev–Trinajstić information content (AvgIpc) is 2.95. The summed E-state index contributed by atoms with van der Waals surface area (Å²) in [6.45, 7) is 0.371. The van der Waals surface area contributed by atoms with Crippen molar-refractivity contribution < 1.29 is 23.8 Å². The Morgan fingerprint density at radius 2 is 1.44 bits per heavy atom. The Hall–Kier alpha value is -4.72. The molecule has 4 rings (SSSR count). The van der Waals surface area contributed by atoms with Crippen molar-refractivity contribution in [2.24, 2.45) is 0 Å². The molecule has 0 aliphatic rings. The van der Waals surface area contributed by atoms with Crippen LogP contribution in [0.4, 0.5) is 0 Å². The van der Waals surface area contributed by atoms with Gasteiger partial charge in [0.15, 0.2) is 12.4 Å². The van der Waals surface area contributed by atoms with Crippen LogP contribution in [0.2, 0.25) is 0 Å². The van der Waals surface area contributed by atoms with E-state index >= 15 is 0 Å². The van der Waals surface area contributed by atoms with Gasteiger partial charge >= 0.3 is 0 Å². The number of carbonyl (C=O) groups excluding carboxylic acids is 2. The van der Waals surface area contributed by atoms with E-state index in [0.717, 1.165) is 11.3 Å². The summed E-state index contributed by atoms with van der Waals surface area (Å²) in [5, 5.41) is 11.0. The lowest BCUT2D eigenvalue weighted by molar-refractivity contribution is -0.123. The number of nitrogens with zero attached hydrogens (tertiary/aromatic N) is 2. The average molecular weight is 484 g/mol. The van der Waals surface area contributed by atoms with Gasteiger partial charge in [0.2, 0.25) is 5.88 Å². The molecule has 0 unspecified atom stereocenters. The van der Waals surface area contributed by atoms with Gasteiger partial charge in [-0.05, 0) is 54.6 Å². The molecule has 0 aliphatic heterocycles. The van der Waals surface area contributed by atoms with Gasteiger partial charge in [0.25, 0.3) is 5.91 Å². The van der Waals surface area contributed by atoms with Crippen LogP contribution in [0.1, 0.15) is 15.9 Å². The highest BCUT2D eigenvalue weighted by molar-refractivity contribution is 6.09. The van der Waals surface area contributed by atoms with Crippen molar-refractivity contribution in [3.63, 3.8) is 0 Å². The first-order valence-corrected chi connectivity index (χ1v) is 11.3. The maximum absolute atomic E-state index is 12.4. The minimum atomic E-state index is -0.288. The SMILES string of the molecule is COc1ccc(-c2ccc(OCCNC(=O)COc3ccc(C(=O)c4ccccc4)cc3)nn2)cc1. The van der Waals surface area contributed by atoms with Gasteiger partial charge in [-0.1, -0.05) is 30.3 Å². The molecule has 0 aliphatic carbocycles. The quantitative estimate of drug-likeness (QED) is 0.255. The van der Waals surface area contributed by atoms with E-state index in [4.69, 9.17) is 14.2 Å². The summed E-state index contributed by atoms with van der Waals surface area (Å²) in [5.41, 5.74) is 2.80. The molecule has 1 amide bonds. The zero-order chi connectivity index (χ0) is 25.2. The van der Waals surface area contributed by atoms with E-state index in [2.05, 4.69) is 15.5 Å². The number of aromatic nitrogens is 2. The second kappa shape index (κ2) is 12.1. The topological polar surface area (TPSA) is 99.6 Å². The smallest absolute Gasteiger partial charge is 0.258 e. The summed E-state index contributed by atoms with van der Waals surface area (Å²) in [7, 11) is 1.62. The molecule has 8 nitrogen and oxygen atoms in total. The summed E-state index contributed by atoms with van der Waals surface area (Å²) in [5.74, 6) is 1.28. The maximum Gasteiger partial charge on any atom is 0.258 e. The normalized spacial score (nSPS) is 10.4. The Kier molecular flexibility index (Phi) is 8.22. The highest BCUT2D eigenvalue weighted by Crippen LogP contribution is 2.21. The summed E-state index contributed by atoms with van der Waals surface area (Å²) >= 11 is 0. The standard InChI is InChI=1S/C28H25N3O5/c1-34-23-11-7-20(8-12-23)25-15-16-27(31-30-25)35-18-17-29-26(32)19-36-24-13-9-22(10-14-24)28(33)21-5-3-2-4-6-21/h2-16H,17-19H2,1H3,(H,29,32). The Morgan fingerprint density at radius 3 is 2.11 bits per heavy atom. The third kappa shape index (κ3) is 6.66. The van der Waals surface area contributed by atoms with Crippen molar-refractivity contribution in [3.8, 4) is 28.6 Å². The van der Waals surface area contributed by atoms with Crippen LogP contribution < -0.4 is 19.5 Å². The zero-order valence-electron chi connectivity index (χ0n) is 19.7. The van der Waals surface area contributed by atoms with Crippen LogP contribution in [0.5, 0.6) is 17.4 Å². The van der Waals surface area contributed by atoms with E-state index in [0.29, 0.717) is 28.5 Å². The van der Waals surface area contributed by atoms with Gasteiger partial charge < -0.3 is 19.5 Å². The van der Waals surface area contributed by atoms with Crippen LogP contribution in [-0.2, 0) is 4.79 Å². The predicted molar refractivity (Wildman–Crippen MR) is 134 cm³/mol. The predicted octanol–water partition coefficient (Wildman–Crippen LogP) is 3.96. The molecule has 1 aromatic heterocycles. The van der Waals surface area contributed by atoms with Gasteiger partial charge in [-0.2, -0.15) is 0 Å². The van der Waals surface area contributed by atoms with Gasteiger partial charge in [0.1, 0.15) is 18.1 Å². The molecule has 0 saturated carbocycles. The molecule has 182 valence electrons. The number of nitrogens with one attached hydrogen (secondary N) is 1. The Labute approximate surface area is 208 Å². The van der Waals surface area contributed by atoms with E-state index in [1.165, 1.54) is 0 Å². The lowest BCUT2D eigenvalue weighted by Gasteiger charge is -2.09. The molecule has 0 radical (unpaired) electrons. The Bertz CT molecular complexity index is 1280. The van der Waals surface area contributed by atoms with Crippen LogP contribution in [0.25, 0.3) is 11.3 Å². The molecule has 1 N–H and O–H groups in total. The number of benzene rings is 3. The van der Waals surface area contributed by atoms with Crippen LogP contribution in [0.3, 0.4) is 0 Å². The van der Waals surface area contributed by atoms with Gasteiger partial charge in [-0.25, -0.2) is 0 Å². The largest absolute Gasteiger partial charge is 0.497 e. The first-order chi connectivity index (χ1) is 17.6. The van der Waals surface area contributed by atoms with Crippen LogP contribution >= 0.6 is 0 Å². The molecule has 1 heterocycles. The minimum Gasteiger partial charge on any atom is -0.497 e. The van der Waals surface area contributed by atoms with Crippen LogP contribution in [-0.4, -0.2) is 48.8 Å². The number of ketones is 1. The van der Waals surface area contributed by atoms with Crippen molar-refractivity contribution in [1.29, 1.82) is 0 Å². The first kappa shape index (κ1) is 24.4. The van der Waals surface area contributed by atoms with Crippen molar-refractivity contribution in [3.05, 3.63) is 102 Å². The number of rotatable bonds is 11. The number of hydrogen-bond acceptors (Lipinski definition) is 7. The summed E-state index contributed by atoms with van der Waals surface area (Å²) in [4.78, 5) is 24.5. The van der Waals surface area contributed by atoms with Crippen molar-refractivity contribution in [1.82, 2.24) is 15.5 Å². The lowest BCUT2D eigenvalue weighted by atomic mass is 10.0. The lowest BCUT2D eigenvalue weighted by Crippen LogP contribution is -2.32. The third-order valence-corrected chi connectivity index (χ3v) is 5.22. The number of hydrogen-bond donors (Lipinski definition) is 1. The van der Waals surface area contributed by atoms with Gasteiger partial charge in [0, 0.05) is 22.8 Å². The molecular weight excluding hydrogens is 458 g/mol. The number of ether oxygens (including phenoxy) is 3. The van der Waals surface area contributed by atoms with E-state index in [1.807, 2.05) is 48.5 Å². The highest BCUT2D eigenvalue weighted by atomic mass is 16.5. The fourth-order valence-corrected chi connectivity index (χ4v) is 3.32. The molecule has 0 spiro atoms. The third-order valence-electron chi connectivity index (χ3n) is 5.22.